The standard InChI is InChI=1S/C22H19Cl2NO2S/c1-26-21-5-3-2-4-17(21)13-25-22(28)16-7-9-18(10-8-16)27-14-15-6-11-19(23)20(24)12-15/h2-12H,13-14H2,1H3,(H,25,28). The molecule has 3 rings (SSSR count). The van der Waals surface area contributed by atoms with E-state index in [1.807, 2.05) is 54.6 Å². The lowest BCUT2D eigenvalue weighted by Crippen LogP contribution is -2.21. The van der Waals surface area contributed by atoms with Gasteiger partial charge in [-0.2, -0.15) is 0 Å². The highest BCUT2D eigenvalue weighted by molar-refractivity contribution is 7.80. The third-order valence-electron chi connectivity index (χ3n) is 4.14. The van der Waals surface area contributed by atoms with Crippen LogP contribution in [0.15, 0.2) is 66.7 Å². The van der Waals surface area contributed by atoms with E-state index < -0.39 is 0 Å². The van der Waals surface area contributed by atoms with Crippen LogP contribution in [0.1, 0.15) is 16.7 Å². The van der Waals surface area contributed by atoms with Gasteiger partial charge in [0.25, 0.3) is 0 Å². The number of methoxy groups -OCH3 is 1. The molecule has 6 heteroatoms. The lowest BCUT2D eigenvalue weighted by atomic mass is 10.2. The molecule has 1 N–H and O–H groups in total. The Morgan fingerprint density at radius 2 is 1.71 bits per heavy atom. The maximum Gasteiger partial charge on any atom is 0.123 e. The van der Waals surface area contributed by atoms with Crippen LogP contribution in [0.3, 0.4) is 0 Å². The molecule has 0 aliphatic heterocycles. The smallest absolute Gasteiger partial charge is 0.123 e. The SMILES string of the molecule is COc1ccccc1CNC(=S)c1ccc(OCc2ccc(Cl)c(Cl)c2)cc1. The summed E-state index contributed by atoms with van der Waals surface area (Å²) in [6, 6.07) is 21.0. The van der Waals surface area contributed by atoms with Crippen LogP contribution in [-0.4, -0.2) is 12.1 Å². The highest BCUT2D eigenvalue weighted by atomic mass is 35.5. The molecule has 144 valence electrons. The van der Waals surface area contributed by atoms with Crippen LogP contribution in [0.5, 0.6) is 11.5 Å². The Labute approximate surface area is 180 Å². The Morgan fingerprint density at radius 1 is 0.964 bits per heavy atom. The van der Waals surface area contributed by atoms with E-state index in [1.165, 1.54) is 0 Å². The quantitative estimate of drug-likeness (QED) is 0.461. The van der Waals surface area contributed by atoms with Crippen molar-refractivity contribution in [3.8, 4) is 11.5 Å². The summed E-state index contributed by atoms with van der Waals surface area (Å²) in [4.78, 5) is 0.668. The van der Waals surface area contributed by atoms with Crippen molar-refractivity contribution in [1.29, 1.82) is 0 Å². The Kier molecular flexibility index (Phi) is 7.15. The summed E-state index contributed by atoms with van der Waals surface area (Å²) >= 11 is 17.4. The molecule has 0 unspecified atom stereocenters. The molecule has 0 atom stereocenters. The zero-order chi connectivity index (χ0) is 19.9. The monoisotopic (exact) mass is 431 g/mol. The number of hydrogen-bond acceptors (Lipinski definition) is 3. The maximum atomic E-state index is 6.03. The van der Waals surface area contributed by atoms with Crippen molar-refractivity contribution >= 4 is 40.4 Å². The van der Waals surface area contributed by atoms with Gasteiger partial charge in [-0.25, -0.2) is 0 Å². The Balaban J connectivity index is 1.55. The summed E-state index contributed by atoms with van der Waals surface area (Å²) in [5.41, 5.74) is 2.92. The first-order chi connectivity index (χ1) is 13.6. The summed E-state index contributed by atoms with van der Waals surface area (Å²) < 4.78 is 11.2. The number of benzene rings is 3. The Bertz CT molecular complexity index is 961. The minimum absolute atomic E-state index is 0.409. The third kappa shape index (κ3) is 5.38. The van der Waals surface area contributed by atoms with Crippen molar-refractivity contribution in [2.75, 3.05) is 7.11 Å². The predicted molar refractivity (Wildman–Crippen MR) is 119 cm³/mol. The molecule has 0 aliphatic carbocycles. The van der Waals surface area contributed by atoms with Gasteiger partial charge < -0.3 is 14.8 Å². The highest BCUT2D eigenvalue weighted by Crippen LogP contribution is 2.23. The minimum Gasteiger partial charge on any atom is -0.496 e. The van der Waals surface area contributed by atoms with Gasteiger partial charge in [-0.15, -0.1) is 0 Å². The molecule has 0 aliphatic rings. The minimum atomic E-state index is 0.409. The van der Waals surface area contributed by atoms with Crippen LogP contribution in [0.4, 0.5) is 0 Å². The van der Waals surface area contributed by atoms with E-state index in [0.717, 1.165) is 28.2 Å². The van der Waals surface area contributed by atoms with Gasteiger partial charge in [0.2, 0.25) is 0 Å². The molecule has 0 radical (unpaired) electrons. The number of halogens is 2. The van der Waals surface area contributed by atoms with Gasteiger partial charge in [-0.1, -0.05) is 59.7 Å². The van der Waals surface area contributed by atoms with Gasteiger partial charge in [0.1, 0.15) is 23.1 Å². The fourth-order valence-corrected chi connectivity index (χ4v) is 3.15. The van der Waals surface area contributed by atoms with Gasteiger partial charge in [0.15, 0.2) is 0 Å². The van der Waals surface area contributed by atoms with Gasteiger partial charge in [-0.3, -0.25) is 0 Å². The Hall–Kier alpha value is -2.27. The third-order valence-corrected chi connectivity index (χ3v) is 5.26. The van der Waals surface area contributed by atoms with Crippen molar-refractivity contribution in [2.24, 2.45) is 0 Å². The first-order valence-electron chi connectivity index (χ1n) is 8.63. The predicted octanol–water partition coefficient (Wildman–Crippen LogP) is 6.05. The van der Waals surface area contributed by atoms with Crippen LogP contribution in [0, 0.1) is 0 Å². The Morgan fingerprint density at radius 3 is 2.43 bits per heavy atom. The summed E-state index contributed by atoms with van der Waals surface area (Å²) in [7, 11) is 1.66. The molecular weight excluding hydrogens is 413 g/mol. The van der Waals surface area contributed by atoms with E-state index >= 15 is 0 Å². The fourth-order valence-electron chi connectivity index (χ4n) is 2.63. The fraction of sp³-hybridized carbons (Fsp3) is 0.136. The zero-order valence-electron chi connectivity index (χ0n) is 15.2. The summed E-state index contributed by atoms with van der Waals surface area (Å²) in [5.74, 6) is 1.59. The second-order valence-corrected chi connectivity index (χ2v) is 7.28. The second-order valence-electron chi connectivity index (χ2n) is 6.06. The molecule has 0 aromatic heterocycles. The van der Waals surface area contributed by atoms with Crippen molar-refractivity contribution in [2.45, 2.75) is 13.2 Å². The molecule has 0 spiro atoms. The summed E-state index contributed by atoms with van der Waals surface area (Å²) in [6.45, 7) is 1.01. The molecule has 3 nitrogen and oxygen atoms in total. The van der Waals surface area contributed by atoms with E-state index in [-0.39, 0.29) is 0 Å². The largest absolute Gasteiger partial charge is 0.496 e. The van der Waals surface area contributed by atoms with Crippen LogP contribution in [-0.2, 0) is 13.2 Å². The highest BCUT2D eigenvalue weighted by Gasteiger charge is 2.06. The van der Waals surface area contributed by atoms with Crippen LogP contribution in [0.25, 0.3) is 0 Å². The maximum absolute atomic E-state index is 6.03. The summed E-state index contributed by atoms with van der Waals surface area (Å²) in [6.07, 6.45) is 0. The molecule has 0 bridgehead atoms. The zero-order valence-corrected chi connectivity index (χ0v) is 17.6. The first-order valence-corrected chi connectivity index (χ1v) is 9.80. The topological polar surface area (TPSA) is 30.5 Å². The molecule has 28 heavy (non-hydrogen) atoms. The van der Waals surface area contributed by atoms with Crippen molar-refractivity contribution in [1.82, 2.24) is 5.32 Å². The molecule has 0 saturated carbocycles. The van der Waals surface area contributed by atoms with E-state index in [0.29, 0.717) is 28.2 Å². The van der Waals surface area contributed by atoms with Crippen molar-refractivity contribution < 1.29 is 9.47 Å². The number of rotatable bonds is 7. The van der Waals surface area contributed by atoms with Gasteiger partial charge in [0, 0.05) is 17.7 Å². The molecule has 0 amide bonds. The molecule has 0 heterocycles. The van der Waals surface area contributed by atoms with Crippen LogP contribution >= 0.6 is 35.4 Å². The van der Waals surface area contributed by atoms with Gasteiger partial charge >= 0.3 is 0 Å². The molecule has 3 aromatic carbocycles. The van der Waals surface area contributed by atoms with Crippen molar-refractivity contribution in [3.05, 3.63) is 93.5 Å². The molecule has 3 aromatic rings. The number of hydrogen-bond donors (Lipinski definition) is 1. The first kappa shape index (κ1) is 20.5. The number of thiocarbonyl (C=S) groups is 1. The van der Waals surface area contributed by atoms with E-state index in [2.05, 4.69) is 5.32 Å². The normalized spacial score (nSPS) is 10.4. The number of ether oxygens (including phenoxy) is 2. The van der Waals surface area contributed by atoms with Crippen LogP contribution in [0.2, 0.25) is 10.0 Å². The van der Waals surface area contributed by atoms with Gasteiger partial charge in [-0.05, 0) is 48.0 Å². The molecular formula is C22H19Cl2NO2S. The van der Waals surface area contributed by atoms with Gasteiger partial charge in [0.05, 0.1) is 17.2 Å². The molecule has 0 fully saturated rings. The average Bonchev–Trinajstić information content (AvgIpc) is 2.73. The summed E-state index contributed by atoms with van der Waals surface area (Å²) in [5, 5.41) is 4.31. The number of para-hydroxylation sites is 1. The lowest BCUT2D eigenvalue weighted by molar-refractivity contribution is 0.306. The van der Waals surface area contributed by atoms with E-state index in [1.54, 1.807) is 19.2 Å². The van der Waals surface area contributed by atoms with E-state index in [9.17, 15) is 0 Å². The second kappa shape index (κ2) is 9.78. The average molecular weight is 432 g/mol. The van der Waals surface area contributed by atoms with E-state index in [4.69, 9.17) is 44.9 Å². The number of nitrogens with one attached hydrogen (secondary N) is 1. The van der Waals surface area contributed by atoms with Crippen LogP contribution < -0.4 is 14.8 Å². The van der Waals surface area contributed by atoms with Crippen molar-refractivity contribution in [3.63, 3.8) is 0 Å². The lowest BCUT2D eigenvalue weighted by Gasteiger charge is -2.12. The molecule has 0 saturated heterocycles.